The van der Waals surface area contributed by atoms with Gasteiger partial charge in [0.1, 0.15) is 24.4 Å². The van der Waals surface area contributed by atoms with Crippen LogP contribution in [-0.4, -0.2) is 99.6 Å². The Balaban J connectivity index is 2.66. The van der Waals surface area contributed by atoms with Crippen LogP contribution >= 0.6 is 0 Å². The fourth-order valence-electron chi connectivity index (χ4n) is 9.38. The number of hydrogen-bond acceptors (Lipinski definition) is 10. The number of carbonyl (C=O) groups is 2. The van der Waals surface area contributed by atoms with Crippen molar-refractivity contribution in [2.45, 2.75) is 307 Å². The van der Waals surface area contributed by atoms with Crippen molar-refractivity contribution in [2.75, 3.05) is 13.2 Å². The highest BCUT2D eigenvalue weighted by Crippen LogP contribution is 2.26. The van der Waals surface area contributed by atoms with Gasteiger partial charge in [-0.05, 0) is 44.9 Å². The van der Waals surface area contributed by atoms with E-state index < -0.39 is 67.4 Å². The predicted octanol–water partition coefficient (Wildman–Crippen LogP) is 14.4. The van der Waals surface area contributed by atoms with Crippen LogP contribution in [0, 0.1) is 0 Å². The zero-order valence-electron chi connectivity index (χ0n) is 47.9. The summed E-state index contributed by atoms with van der Waals surface area (Å²) in [6.07, 6.45) is 55.3. The molecule has 1 rings (SSSR count). The maximum absolute atomic E-state index is 13.4. The molecule has 1 heterocycles. The van der Waals surface area contributed by atoms with Gasteiger partial charge in [0.25, 0.3) is 0 Å². The van der Waals surface area contributed by atoms with Crippen LogP contribution in [0.25, 0.3) is 0 Å². The molecule has 0 saturated carbocycles. The Labute approximate surface area is 458 Å². The van der Waals surface area contributed by atoms with Gasteiger partial charge in [0, 0.05) is 6.42 Å². The molecule has 6 N–H and O–H groups in total. The number of allylic oxidation sites excluding steroid dienone is 11. The van der Waals surface area contributed by atoms with E-state index in [0.717, 1.165) is 64.2 Å². The van der Waals surface area contributed by atoms with Gasteiger partial charge in [-0.15, -0.1) is 0 Å². The van der Waals surface area contributed by atoms with E-state index in [4.69, 9.17) is 14.2 Å². The summed E-state index contributed by atoms with van der Waals surface area (Å²) in [5.74, 6) is -1.24. The SMILES string of the molecule is CC/C=C/C=C/C=C\C=C/C=C/CCCCC(O)C(=O)NC(COC1OC(CO)C(O)C(O)C1OC(=O)CCCCCCCCCCCCCCCCCCCCCCC)C(O)/C=C/CCCCCCCCCCC. The van der Waals surface area contributed by atoms with Crippen molar-refractivity contribution < 1.29 is 49.3 Å². The third kappa shape index (κ3) is 40.0. The Kier molecular flexibility index (Phi) is 48.5. The Morgan fingerprint density at radius 3 is 1.44 bits per heavy atom. The van der Waals surface area contributed by atoms with E-state index in [1.807, 2.05) is 60.8 Å². The van der Waals surface area contributed by atoms with Crippen LogP contribution in [0.5, 0.6) is 0 Å². The highest BCUT2D eigenvalue weighted by Gasteiger charge is 2.47. The van der Waals surface area contributed by atoms with Gasteiger partial charge in [0.15, 0.2) is 12.4 Å². The standard InChI is InChI=1S/C64H113NO10/c1-4-7-10-13-16-19-22-24-26-27-28-29-30-31-32-34-37-40-43-46-49-52-59(69)75-62-61(71)60(70)58(53-66)74-64(62)73-54-55(56(67)50-47-44-41-38-35-21-18-15-12-9-6-3)65-63(72)57(68)51-48-45-42-39-36-33-25-23-20-17-14-11-8-5-2/h8,11,14,17,20,23,25,33,36,39,47,50,55-58,60-62,64,66-68,70-71H,4-7,9-10,12-13,15-16,18-19,21-22,24,26-32,34-35,37-38,40-46,48-49,51-54H2,1-3H3,(H,65,72)/b11-8+,17-14+,23-20-,33-25-,39-36+,50-47+. The number of rotatable bonds is 51. The number of aliphatic hydroxyl groups excluding tert-OH is 5. The molecule has 0 bridgehead atoms. The Morgan fingerprint density at radius 1 is 0.533 bits per heavy atom. The molecule has 11 nitrogen and oxygen atoms in total. The quantitative estimate of drug-likeness (QED) is 0.0149. The maximum atomic E-state index is 13.4. The van der Waals surface area contributed by atoms with Crippen LogP contribution in [0.3, 0.4) is 0 Å². The van der Waals surface area contributed by atoms with E-state index in [2.05, 4.69) is 32.2 Å². The van der Waals surface area contributed by atoms with Crippen LogP contribution in [0.2, 0.25) is 0 Å². The minimum absolute atomic E-state index is 0.119. The summed E-state index contributed by atoms with van der Waals surface area (Å²) in [5.41, 5.74) is 0. The Bertz CT molecular complexity index is 1490. The van der Waals surface area contributed by atoms with Gasteiger partial charge in [-0.25, -0.2) is 0 Å². The lowest BCUT2D eigenvalue weighted by Crippen LogP contribution is -2.61. The summed E-state index contributed by atoms with van der Waals surface area (Å²) < 4.78 is 17.6. The molecule has 1 fully saturated rings. The number of amides is 1. The first-order chi connectivity index (χ1) is 36.7. The number of nitrogens with one attached hydrogen (secondary N) is 1. The average molecular weight is 1060 g/mol. The van der Waals surface area contributed by atoms with Crippen LogP contribution in [0.1, 0.15) is 258 Å². The second-order valence-electron chi connectivity index (χ2n) is 21.2. The molecule has 1 aliphatic heterocycles. The van der Waals surface area contributed by atoms with Crippen molar-refractivity contribution in [1.29, 1.82) is 0 Å². The van der Waals surface area contributed by atoms with Crippen molar-refractivity contribution >= 4 is 11.9 Å². The lowest BCUT2D eigenvalue weighted by atomic mass is 9.99. The molecular weight excluding hydrogens is 943 g/mol. The normalized spacial score (nSPS) is 19.7. The minimum Gasteiger partial charge on any atom is -0.454 e. The summed E-state index contributed by atoms with van der Waals surface area (Å²) in [6.45, 7) is 5.62. The van der Waals surface area contributed by atoms with E-state index in [1.54, 1.807) is 6.08 Å². The lowest BCUT2D eigenvalue weighted by Gasteiger charge is -2.41. The molecule has 0 aromatic heterocycles. The molecule has 8 atom stereocenters. The number of esters is 1. The van der Waals surface area contributed by atoms with Gasteiger partial charge in [0.05, 0.1) is 25.4 Å². The van der Waals surface area contributed by atoms with Gasteiger partial charge < -0.3 is 45.1 Å². The Hall–Kier alpha value is -2.90. The Morgan fingerprint density at radius 2 is 0.960 bits per heavy atom. The van der Waals surface area contributed by atoms with Gasteiger partial charge >= 0.3 is 5.97 Å². The fourth-order valence-corrected chi connectivity index (χ4v) is 9.38. The summed E-state index contributed by atoms with van der Waals surface area (Å²) in [7, 11) is 0. The van der Waals surface area contributed by atoms with Crippen molar-refractivity contribution in [3.8, 4) is 0 Å². The average Bonchev–Trinajstić information content (AvgIpc) is 3.41. The second kappa shape index (κ2) is 51.8. The molecule has 0 aromatic carbocycles. The van der Waals surface area contributed by atoms with E-state index in [-0.39, 0.29) is 19.4 Å². The third-order valence-corrected chi connectivity index (χ3v) is 14.3. The number of ether oxygens (including phenoxy) is 3. The molecular formula is C64H113NO10. The fraction of sp³-hybridized carbons (Fsp3) is 0.781. The zero-order chi connectivity index (χ0) is 54.7. The highest BCUT2D eigenvalue weighted by molar-refractivity contribution is 5.80. The zero-order valence-corrected chi connectivity index (χ0v) is 47.9. The lowest BCUT2D eigenvalue weighted by molar-refractivity contribution is -0.305. The molecule has 434 valence electrons. The summed E-state index contributed by atoms with van der Waals surface area (Å²) in [6, 6.07) is -1.05. The molecule has 8 unspecified atom stereocenters. The number of carbonyl (C=O) groups excluding carboxylic acids is 2. The smallest absolute Gasteiger partial charge is 0.306 e. The number of unbranched alkanes of at least 4 members (excludes halogenated alkanes) is 31. The molecule has 0 aromatic rings. The second-order valence-corrected chi connectivity index (χ2v) is 21.2. The van der Waals surface area contributed by atoms with E-state index in [0.29, 0.717) is 12.8 Å². The summed E-state index contributed by atoms with van der Waals surface area (Å²) in [4.78, 5) is 26.5. The van der Waals surface area contributed by atoms with Gasteiger partial charge in [-0.2, -0.15) is 0 Å². The van der Waals surface area contributed by atoms with E-state index in [1.165, 1.54) is 148 Å². The summed E-state index contributed by atoms with van der Waals surface area (Å²) in [5, 5.41) is 56.8. The minimum atomic E-state index is -1.62. The van der Waals surface area contributed by atoms with Gasteiger partial charge in [0.2, 0.25) is 5.91 Å². The number of hydrogen-bond donors (Lipinski definition) is 6. The van der Waals surface area contributed by atoms with Crippen LogP contribution in [0.15, 0.2) is 72.9 Å². The highest BCUT2D eigenvalue weighted by atomic mass is 16.7. The predicted molar refractivity (Wildman–Crippen MR) is 310 cm³/mol. The van der Waals surface area contributed by atoms with Crippen molar-refractivity contribution in [1.82, 2.24) is 5.32 Å². The molecule has 75 heavy (non-hydrogen) atoms. The molecule has 0 spiro atoms. The van der Waals surface area contributed by atoms with E-state index >= 15 is 0 Å². The van der Waals surface area contributed by atoms with Crippen LogP contribution in [-0.2, 0) is 23.8 Å². The molecule has 0 radical (unpaired) electrons. The molecule has 1 aliphatic rings. The third-order valence-electron chi connectivity index (χ3n) is 14.3. The molecule has 11 heteroatoms. The van der Waals surface area contributed by atoms with Crippen LogP contribution < -0.4 is 5.32 Å². The first-order valence-corrected chi connectivity index (χ1v) is 30.8. The van der Waals surface area contributed by atoms with Crippen molar-refractivity contribution in [2.24, 2.45) is 0 Å². The van der Waals surface area contributed by atoms with Crippen LogP contribution in [0.4, 0.5) is 0 Å². The molecule has 0 aliphatic carbocycles. The van der Waals surface area contributed by atoms with Gasteiger partial charge in [-0.1, -0.05) is 280 Å². The summed E-state index contributed by atoms with van der Waals surface area (Å²) >= 11 is 0. The first-order valence-electron chi connectivity index (χ1n) is 30.8. The van der Waals surface area contributed by atoms with Crippen molar-refractivity contribution in [3.05, 3.63) is 72.9 Å². The first kappa shape index (κ1) is 70.1. The molecule has 1 saturated heterocycles. The molecule has 1 amide bonds. The number of aliphatic hydroxyl groups is 5. The maximum Gasteiger partial charge on any atom is 0.306 e. The topological polar surface area (TPSA) is 175 Å². The largest absolute Gasteiger partial charge is 0.454 e. The van der Waals surface area contributed by atoms with Gasteiger partial charge in [-0.3, -0.25) is 9.59 Å². The monoisotopic (exact) mass is 1060 g/mol. The van der Waals surface area contributed by atoms with Crippen molar-refractivity contribution in [3.63, 3.8) is 0 Å². The van der Waals surface area contributed by atoms with E-state index in [9.17, 15) is 35.1 Å².